The average molecular weight is 413 g/mol. The molecule has 10 heteroatoms. The lowest BCUT2D eigenvalue weighted by atomic mass is 10.2. The molecule has 0 bridgehead atoms. The Balaban J connectivity index is 2.35. The quantitative estimate of drug-likeness (QED) is 0.374. The van der Waals surface area contributed by atoms with Gasteiger partial charge in [-0.05, 0) is 36.8 Å². The first-order chi connectivity index (χ1) is 12.7. The number of nitro groups is 1. The fourth-order valence-electron chi connectivity index (χ4n) is 2.26. The van der Waals surface area contributed by atoms with E-state index in [0.29, 0.717) is 10.6 Å². The van der Waals surface area contributed by atoms with Crippen LogP contribution in [0.3, 0.4) is 0 Å². The van der Waals surface area contributed by atoms with Crippen molar-refractivity contribution in [3.63, 3.8) is 0 Å². The van der Waals surface area contributed by atoms with E-state index < -0.39 is 27.5 Å². The van der Waals surface area contributed by atoms with Crippen molar-refractivity contribution in [2.45, 2.75) is 18.4 Å². The summed E-state index contributed by atoms with van der Waals surface area (Å²) in [5.74, 6) is -0.697. The Bertz CT molecular complexity index is 913. The number of hydrogen-bond acceptors (Lipinski definition) is 6. The van der Waals surface area contributed by atoms with Crippen molar-refractivity contribution in [1.82, 2.24) is 4.31 Å². The molecular formula is C17H17ClN2O6S. The highest BCUT2D eigenvalue weighted by Gasteiger charge is 2.28. The number of benzene rings is 2. The maximum Gasteiger partial charge on any atom is 0.321 e. The minimum absolute atomic E-state index is 0.0880. The number of rotatable bonds is 8. The van der Waals surface area contributed by atoms with Crippen molar-refractivity contribution in [2.24, 2.45) is 0 Å². The van der Waals surface area contributed by atoms with E-state index >= 15 is 0 Å². The molecule has 0 amide bonds. The molecule has 8 nitrogen and oxygen atoms in total. The van der Waals surface area contributed by atoms with Crippen LogP contribution in [-0.2, 0) is 26.1 Å². The van der Waals surface area contributed by atoms with Crippen molar-refractivity contribution in [2.75, 3.05) is 13.2 Å². The Kier molecular flexibility index (Phi) is 6.89. The van der Waals surface area contributed by atoms with Gasteiger partial charge >= 0.3 is 5.97 Å². The van der Waals surface area contributed by atoms with Gasteiger partial charge < -0.3 is 4.74 Å². The predicted molar refractivity (Wildman–Crippen MR) is 98.8 cm³/mol. The minimum atomic E-state index is -4.09. The minimum Gasteiger partial charge on any atom is -0.465 e. The standard InChI is InChI=1S/C17H17ClN2O6S/c1-2-26-17(21)12-19(11-13-3-5-14(18)6-4-13)27(24,25)16-9-7-15(8-10-16)20(22)23/h3-10H,2,11-12H2,1H3. The first kappa shape index (κ1) is 20.8. The maximum atomic E-state index is 12.9. The summed E-state index contributed by atoms with van der Waals surface area (Å²) in [6, 6.07) is 11.0. The van der Waals surface area contributed by atoms with Gasteiger partial charge in [0.15, 0.2) is 0 Å². The van der Waals surface area contributed by atoms with Crippen LogP contribution in [0.2, 0.25) is 5.02 Å². The van der Waals surface area contributed by atoms with Gasteiger partial charge in [-0.3, -0.25) is 14.9 Å². The number of nitro benzene ring substituents is 1. The van der Waals surface area contributed by atoms with Crippen molar-refractivity contribution in [1.29, 1.82) is 0 Å². The number of sulfonamides is 1. The summed E-state index contributed by atoms with van der Waals surface area (Å²) in [5.41, 5.74) is 0.387. The first-order valence-corrected chi connectivity index (χ1v) is 9.70. The van der Waals surface area contributed by atoms with Gasteiger partial charge in [0.05, 0.1) is 16.4 Å². The van der Waals surface area contributed by atoms with Gasteiger partial charge in [0, 0.05) is 23.7 Å². The van der Waals surface area contributed by atoms with Crippen molar-refractivity contribution < 1.29 is 22.9 Å². The number of carbonyl (C=O) groups is 1. The molecule has 2 aromatic carbocycles. The highest BCUT2D eigenvalue weighted by atomic mass is 35.5. The van der Waals surface area contributed by atoms with E-state index in [4.69, 9.17) is 16.3 Å². The van der Waals surface area contributed by atoms with Gasteiger partial charge in [-0.2, -0.15) is 4.31 Å². The van der Waals surface area contributed by atoms with E-state index in [1.807, 2.05) is 0 Å². The van der Waals surface area contributed by atoms with Crippen LogP contribution in [0.15, 0.2) is 53.4 Å². The van der Waals surface area contributed by atoms with Crippen LogP contribution in [0.1, 0.15) is 12.5 Å². The summed E-state index contributed by atoms with van der Waals surface area (Å²) in [4.78, 5) is 21.9. The lowest BCUT2D eigenvalue weighted by Gasteiger charge is -2.21. The zero-order chi connectivity index (χ0) is 20.0. The van der Waals surface area contributed by atoms with Gasteiger partial charge in [0.2, 0.25) is 10.0 Å². The molecule has 0 aliphatic rings. The maximum absolute atomic E-state index is 12.9. The molecular weight excluding hydrogens is 396 g/mol. The zero-order valence-electron chi connectivity index (χ0n) is 14.4. The number of nitrogens with zero attached hydrogens (tertiary/aromatic N) is 2. The van der Waals surface area contributed by atoms with Crippen LogP contribution in [0.4, 0.5) is 5.69 Å². The lowest BCUT2D eigenvalue weighted by molar-refractivity contribution is -0.384. The molecule has 0 heterocycles. The van der Waals surface area contributed by atoms with Gasteiger partial charge in [-0.15, -0.1) is 0 Å². The molecule has 0 atom stereocenters. The van der Waals surface area contributed by atoms with Gasteiger partial charge in [0.1, 0.15) is 6.54 Å². The topological polar surface area (TPSA) is 107 Å². The number of hydrogen-bond donors (Lipinski definition) is 0. The average Bonchev–Trinajstić information content (AvgIpc) is 2.63. The van der Waals surface area contributed by atoms with Crippen LogP contribution in [-0.4, -0.2) is 36.8 Å². The number of halogens is 1. The Hall–Kier alpha value is -2.49. The number of esters is 1. The molecule has 2 rings (SSSR count). The molecule has 0 N–H and O–H groups in total. The molecule has 0 aliphatic carbocycles. The smallest absolute Gasteiger partial charge is 0.321 e. The summed E-state index contributed by atoms with van der Waals surface area (Å²) in [7, 11) is -4.09. The SMILES string of the molecule is CCOC(=O)CN(Cc1ccc(Cl)cc1)S(=O)(=O)c1ccc([N+](=O)[O-])cc1. The summed E-state index contributed by atoms with van der Waals surface area (Å²) in [5, 5.41) is 11.2. The molecule has 0 fully saturated rings. The van der Waals surface area contributed by atoms with Gasteiger partial charge in [-0.1, -0.05) is 23.7 Å². The summed E-state index contributed by atoms with van der Waals surface area (Å²) in [6.45, 7) is 1.16. The molecule has 0 saturated carbocycles. The first-order valence-electron chi connectivity index (χ1n) is 7.88. The molecule has 27 heavy (non-hydrogen) atoms. The van der Waals surface area contributed by atoms with Gasteiger partial charge in [-0.25, -0.2) is 8.42 Å². The Morgan fingerprint density at radius 1 is 1.15 bits per heavy atom. The van der Waals surface area contributed by atoms with Crippen molar-refractivity contribution in [3.8, 4) is 0 Å². The van der Waals surface area contributed by atoms with Gasteiger partial charge in [0.25, 0.3) is 5.69 Å². The molecule has 144 valence electrons. The molecule has 2 aromatic rings. The third-order valence-corrected chi connectivity index (χ3v) is 5.63. The summed E-state index contributed by atoms with van der Waals surface area (Å²) in [6.07, 6.45) is 0. The second kappa shape index (κ2) is 8.94. The molecule has 0 unspecified atom stereocenters. The van der Waals surface area contributed by atoms with E-state index in [2.05, 4.69) is 0 Å². The van der Waals surface area contributed by atoms with E-state index in [-0.39, 0.29) is 23.7 Å². The monoisotopic (exact) mass is 412 g/mol. The van der Waals surface area contributed by atoms with Crippen LogP contribution in [0, 0.1) is 10.1 Å². The van der Waals surface area contributed by atoms with Crippen molar-refractivity contribution in [3.05, 3.63) is 69.2 Å². The second-order valence-electron chi connectivity index (χ2n) is 5.46. The number of carbonyl (C=O) groups excluding carboxylic acids is 1. The van der Waals surface area contributed by atoms with Crippen LogP contribution in [0.5, 0.6) is 0 Å². The highest BCUT2D eigenvalue weighted by Crippen LogP contribution is 2.22. The summed E-state index contributed by atoms with van der Waals surface area (Å²) >= 11 is 5.84. The number of ether oxygens (including phenoxy) is 1. The van der Waals surface area contributed by atoms with E-state index in [1.165, 1.54) is 0 Å². The Morgan fingerprint density at radius 2 is 1.74 bits per heavy atom. The molecule has 0 saturated heterocycles. The normalized spacial score (nSPS) is 11.4. The van der Waals surface area contributed by atoms with E-state index in [0.717, 1.165) is 28.6 Å². The lowest BCUT2D eigenvalue weighted by Crippen LogP contribution is -2.36. The fourth-order valence-corrected chi connectivity index (χ4v) is 3.76. The fraction of sp³-hybridized carbons (Fsp3) is 0.235. The number of non-ortho nitro benzene ring substituents is 1. The predicted octanol–water partition coefficient (Wildman–Crippen LogP) is 3.00. The summed E-state index contributed by atoms with van der Waals surface area (Å²) < 4.78 is 31.7. The molecule has 0 spiro atoms. The Morgan fingerprint density at radius 3 is 2.26 bits per heavy atom. The zero-order valence-corrected chi connectivity index (χ0v) is 15.9. The molecule has 0 radical (unpaired) electrons. The highest BCUT2D eigenvalue weighted by molar-refractivity contribution is 7.89. The molecule has 0 aromatic heterocycles. The van der Waals surface area contributed by atoms with Crippen LogP contribution in [0.25, 0.3) is 0 Å². The molecule has 0 aliphatic heterocycles. The van der Waals surface area contributed by atoms with E-state index in [1.54, 1.807) is 31.2 Å². The largest absolute Gasteiger partial charge is 0.465 e. The third kappa shape index (κ3) is 5.49. The second-order valence-corrected chi connectivity index (χ2v) is 7.83. The Labute approximate surface area is 161 Å². The van der Waals surface area contributed by atoms with E-state index in [9.17, 15) is 23.3 Å². The van der Waals surface area contributed by atoms with Crippen LogP contribution < -0.4 is 0 Å². The van der Waals surface area contributed by atoms with Crippen molar-refractivity contribution >= 4 is 33.3 Å². The third-order valence-electron chi connectivity index (χ3n) is 3.57. The van der Waals surface area contributed by atoms with Crippen LogP contribution >= 0.6 is 11.6 Å².